The summed E-state index contributed by atoms with van der Waals surface area (Å²) in [5.74, 6) is 0. The van der Waals surface area contributed by atoms with Crippen LogP contribution < -0.4 is 38.3 Å². The SMILES string of the molecule is CC(C)(C)OC(=O)N1CC=C(B2OC(C)(C)C(C)(C)O2)CC1.CC(C)(C)OC(=O)N1CC=C(c2ccc3nc(Cl)cc(=O)n3c2)CC1.CNc1ccc(B2OC(C)(C)C(C)(C)O2)cc1C=N.Cl.Cn1ncc2cc(-c3cc(=O)n4cc(C5=CCN(C(=O)OC(C)(C)C)CC5)ccc4n3)ccc21.Cn1ncc2cc(-c3cc(=O)n4cc(C5=CCNCC5)ccc4n3)ccc21.O=c1cc(Cl)nc2ccc(Br)cn12. The Kier molecular flexibility index (Phi) is 32.4. The fourth-order valence-corrected chi connectivity index (χ4v) is 16.7. The normalized spacial score (nSPS) is 16.5. The van der Waals surface area contributed by atoms with Gasteiger partial charge in [0.15, 0.2) is 0 Å². The summed E-state index contributed by atoms with van der Waals surface area (Å²) < 4.78 is 51.0. The summed E-state index contributed by atoms with van der Waals surface area (Å²) in [4.78, 5) is 108. The van der Waals surface area contributed by atoms with Crippen molar-refractivity contribution < 1.29 is 47.2 Å². The minimum Gasteiger partial charge on any atom is -0.444 e. The number of halogens is 4. The Labute approximate surface area is 843 Å². The van der Waals surface area contributed by atoms with Crippen LogP contribution in [-0.2, 0) is 46.9 Å². The van der Waals surface area contributed by atoms with E-state index in [2.05, 4.69) is 52.8 Å². The Morgan fingerprint density at radius 2 is 0.844 bits per heavy atom. The molecule has 0 aliphatic carbocycles. The molecule has 0 atom stereocenters. The molecule has 740 valence electrons. The average molecular weight is 2040 g/mol. The number of rotatable bonds is 9. The highest BCUT2D eigenvalue weighted by Gasteiger charge is 2.54. The smallest absolute Gasteiger partial charge is 0.444 e. The lowest BCUT2D eigenvalue weighted by molar-refractivity contribution is 0.00578. The molecule has 6 aliphatic heterocycles. The minimum atomic E-state index is -0.518. The van der Waals surface area contributed by atoms with E-state index in [0.717, 1.165) is 113 Å². The highest BCUT2D eigenvalue weighted by atomic mass is 79.9. The van der Waals surface area contributed by atoms with Gasteiger partial charge in [-0.2, -0.15) is 10.2 Å². The Morgan fingerprint density at radius 3 is 1.22 bits per heavy atom. The summed E-state index contributed by atoms with van der Waals surface area (Å²) in [5.41, 5.74) is 14.2. The Balaban J connectivity index is 0.000000145. The van der Waals surface area contributed by atoms with Gasteiger partial charge in [-0.15, -0.1) is 12.4 Å². The van der Waals surface area contributed by atoms with E-state index in [0.29, 0.717) is 86.1 Å². The molecule has 2 saturated heterocycles. The van der Waals surface area contributed by atoms with Crippen LogP contribution in [0.5, 0.6) is 0 Å². The molecule has 0 unspecified atom stereocenters. The van der Waals surface area contributed by atoms with Gasteiger partial charge < -0.3 is 63.6 Å². The third kappa shape index (κ3) is 25.7. The number of amides is 3. The molecule has 13 aromatic rings. The molecule has 0 bridgehead atoms. The van der Waals surface area contributed by atoms with Crippen molar-refractivity contribution in [3.05, 3.63) is 273 Å². The highest BCUT2D eigenvalue weighted by Crippen LogP contribution is 2.41. The molecule has 32 nitrogen and oxygen atoms in total. The second kappa shape index (κ2) is 43.2. The van der Waals surface area contributed by atoms with Crippen LogP contribution in [0, 0.1) is 5.41 Å². The number of carbonyl (C=O) groups is 3. The fourth-order valence-electron chi connectivity index (χ4n) is 16.0. The lowest BCUT2D eigenvalue weighted by Crippen LogP contribution is -2.41. The largest absolute Gasteiger partial charge is 0.494 e. The van der Waals surface area contributed by atoms with Crippen LogP contribution in [0.15, 0.2) is 218 Å². The maximum Gasteiger partial charge on any atom is 0.494 e. The second-order valence-corrected chi connectivity index (χ2v) is 41.4. The molecule has 0 spiro atoms. The Hall–Kier alpha value is -12.4. The molecular weight excluding hydrogens is 1920 g/mol. The number of hydrogen-bond donors (Lipinski definition) is 3. The third-order valence-electron chi connectivity index (χ3n) is 25.0. The molecule has 141 heavy (non-hydrogen) atoms. The lowest BCUT2D eigenvalue weighted by Gasteiger charge is -2.32. The number of aromatic nitrogens is 12. The Bertz CT molecular complexity index is 7300. The number of aryl methyl sites for hydroxylation is 2. The molecule has 19 rings (SSSR count). The van der Waals surface area contributed by atoms with Gasteiger partial charge in [-0.3, -0.25) is 46.1 Å². The zero-order valence-electron chi connectivity index (χ0n) is 83.1. The molecule has 3 N–H and O–H groups in total. The number of nitrogens with one attached hydrogen (secondary N) is 3. The summed E-state index contributed by atoms with van der Waals surface area (Å²) in [6, 6.07) is 38.6. The zero-order chi connectivity index (χ0) is 101. The van der Waals surface area contributed by atoms with Gasteiger partial charge in [-0.05, 0) is 289 Å². The first-order valence-corrected chi connectivity index (χ1v) is 47.9. The lowest BCUT2D eigenvalue weighted by atomic mass is 9.75. The van der Waals surface area contributed by atoms with Gasteiger partial charge in [0.05, 0.1) is 57.2 Å². The van der Waals surface area contributed by atoms with Gasteiger partial charge in [0.1, 0.15) is 49.7 Å². The molecule has 10 aromatic heterocycles. The quantitative estimate of drug-likeness (QED) is 0.0523. The van der Waals surface area contributed by atoms with Crippen molar-refractivity contribution in [1.82, 2.24) is 77.1 Å². The molecule has 2 fully saturated rings. The summed E-state index contributed by atoms with van der Waals surface area (Å²) >= 11 is 14.7. The van der Waals surface area contributed by atoms with Crippen molar-refractivity contribution in [2.24, 2.45) is 14.1 Å². The van der Waals surface area contributed by atoms with Crippen molar-refractivity contribution in [3.8, 4) is 22.5 Å². The van der Waals surface area contributed by atoms with Crippen molar-refractivity contribution in [2.75, 3.05) is 64.7 Å². The van der Waals surface area contributed by atoms with Crippen LogP contribution in [0.2, 0.25) is 10.3 Å². The predicted octanol–water partition coefficient (Wildman–Crippen LogP) is 18.0. The predicted molar refractivity (Wildman–Crippen MR) is 563 cm³/mol. The standard InChI is InChI=1S/C26H27N5O3.C21H19N5O.C18H20ClN3O3.C16H28BNO4.C14H21BN2O2.C8H4BrClN2O.ClH/c1-26(2,3)34-25(33)30-11-9-17(10-12-30)19-6-8-23-28-21(14-24(32)31(23)16-19)18-5-7-22-20(13-18)15-27-29(22)4;1-25-19-4-2-15(10-17(19)12-23-25)18-11-21(27)26-13-16(3-5-20(26)24-18)14-6-8-22-9-7-14;1-18(2,3)25-17(24)21-8-6-12(7-9-21)13-4-5-15-20-14(19)10-16(23)22(15)11-13;1-14(2,3)20-13(19)18-10-8-12(9-11-18)17-21-15(4,5)16(6,7)22-17;1-13(2)14(3,4)19-15(18-13)11-6-7-12(17-5)10(8-11)9-16;9-5-1-2-7-11-6(10)3-8(13)12(7)4-5;/h5-9,13-16H,10-12H2,1-4H3;2-6,10-13,22H,7-9H2,1H3;4-6,10-11H,7-9H2,1-3H3;8H,9-11H2,1-7H3;6-9,16-17H,1-5H3;1-4H;1H. The first-order chi connectivity index (χ1) is 66.0. The van der Waals surface area contributed by atoms with E-state index in [1.807, 2.05) is 270 Å². The summed E-state index contributed by atoms with van der Waals surface area (Å²) in [6.45, 7) is 38.2. The van der Waals surface area contributed by atoms with E-state index in [-0.39, 0.29) is 99.9 Å². The van der Waals surface area contributed by atoms with Crippen LogP contribution >= 0.6 is 51.5 Å². The molecule has 0 saturated carbocycles. The van der Waals surface area contributed by atoms with E-state index >= 15 is 0 Å². The van der Waals surface area contributed by atoms with Crippen molar-refractivity contribution >= 4 is 163 Å². The van der Waals surface area contributed by atoms with Gasteiger partial charge in [0.2, 0.25) is 0 Å². The minimum absolute atomic E-state index is 0. The number of pyridine rings is 4. The number of benzene rings is 3. The highest BCUT2D eigenvalue weighted by molar-refractivity contribution is 9.10. The van der Waals surface area contributed by atoms with Crippen molar-refractivity contribution in [1.29, 1.82) is 5.41 Å². The molecule has 3 amide bonds. The molecule has 3 aromatic carbocycles. The van der Waals surface area contributed by atoms with E-state index in [1.54, 1.807) is 72.4 Å². The van der Waals surface area contributed by atoms with Gasteiger partial charge in [-0.25, -0.2) is 34.3 Å². The van der Waals surface area contributed by atoms with E-state index < -0.39 is 16.8 Å². The third-order valence-corrected chi connectivity index (χ3v) is 25.9. The monoisotopic (exact) mass is 2040 g/mol. The van der Waals surface area contributed by atoms with Crippen molar-refractivity contribution in [2.45, 2.75) is 183 Å². The van der Waals surface area contributed by atoms with E-state index in [1.165, 1.54) is 32.7 Å². The van der Waals surface area contributed by atoms with Gasteiger partial charge in [-0.1, -0.05) is 71.8 Å². The van der Waals surface area contributed by atoms with Crippen LogP contribution in [0.25, 0.3) is 83.6 Å². The average Bonchev–Trinajstić information content (AvgIpc) is 1.53. The molecule has 6 aliphatic rings. The van der Waals surface area contributed by atoms with Gasteiger partial charge in [0.25, 0.3) is 22.2 Å². The summed E-state index contributed by atoms with van der Waals surface area (Å²) in [5, 5.41) is 24.8. The van der Waals surface area contributed by atoms with Crippen LogP contribution in [0.1, 0.15) is 166 Å². The van der Waals surface area contributed by atoms with Crippen molar-refractivity contribution in [3.63, 3.8) is 0 Å². The molecule has 0 radical (unpaired) electrons. The number of anilines is 1. The number of hydrogen-bond acceptors (Lipinski definition) is 23. The maximum atomic E-state index is 13.0. The molecule has 16 heterocycles. The van der Waals surface area contributed by atoms with Gasteiger partial charge >= 0.3 is 32.5 Å². The second-order valence-electron chi connectivity index (χ2n) is 39.8. The first kappa shape index (κ1) is 106. The molecular formula is C103H120B2BrCl3N18O14. The van der Waals surface area contributed by atoms with Crippen LogP contribution in [0.4, 0.5) is 20.1 Å². The van der Waals surface area contributed by atoms with E-state index in [4.69, 9.17) is 71.4 Å². The zero-order valence-corrected chi connectivity index (χ0v) is 87.0. The Morgan fingerprint density at radius 1 is 0.468 bits per heavy atom. The number of nitrogens with zero attached hydrogens (tertiary/aromatic N) is 15. The molecule has 38 heteroatoms. The maximum absolute atomic E-state index is 13.0. The van der Waals surface area contributed by atoms with Crippen LogP contribution in [-0.4, -0.2) is 209 Å². The summed E-state index contributed by atoms with van der Waals surface area (Å²) in [7, 11) is 4.96. The number of carbonyl (C=O) groups excluding carboxylic acids is 3. The number of ether oxygens (including phenoxy) is 3. The topological polar surface area (TPSA) is 347 Å². The van der Waals surface area contributed by atoms with E-state index in [9.17, 15) is 33.6 Å². The van der Waals surface area contributed by atoms with Crippen LogP contribution in [0.3, 0.4) is 0 Å². The fraction of sp³-hybridized carbons (Fsp3) is 0.379. The van der Waals surface area contributed by atoms with Gasteiger partial charge in [0, 0.05) is 160 Å². The number of fused-ring (bicyclic) bond motifs is 6. The first-order valence-electron chi connectivity index (χ1n) is 46.4. The summed E-state index contributed by atoms with van der Waals surface area (Å²) in [6.07, 6.45) is 22.5.